The number of rotatable bonds is 6. The number of aromatic nitrogens is 1. The Labute approximate surface area is 133 Å². The molecule has 21 heavy (non-hydrogen) atoms. The molecule has 4 nitrogen and oxygen atoms in total. The first-order chi connectivity index (χ1) is 10.3. The van der Waals surface area contributed by atoms with E-state index in [-0.39, 0.29) is 0 Å². The van der Waals surface area contributed by atoms with Crippen LogP contribution in [0.15, 0.2) is 22.9 Å². The van der Waals surface area contributed by atoms with Crippen molar-refractivity contribution in [1.82, 2.24) is 15.2 Å². The number of morpholine rings is 1. The van der Waals surface area contributed by atoms with E-state index < -0.39 is 0 Å². The fourth-order valence-electron chi connectivity index (χ4n) is 2.45. The highest BCUT2D eigenvalue weighted by Gasteiger charge is 2.18. The third-order valence-corrected chi connectivity index (χ3v) is 5.56. The van der Waals surface area contributed by atoms with E-state index >= 15 is 0 Å². The Hall–Kier alpha value is -0.790. The van der Waals surface area contributed by atoms with Gasteiger partial charge in [0.2, 0.25) is 0 Å². The van der Waals surface area contributed by atoms with Crippen LogP contribution in [0, 0.1) is 0 Å². The maximum atomic E-state index is 5.79. The summed E-state index contributed by atoms with van der Waals surface area (Å²) in [4.78, 5) is 8.37. The zero-order chi connectivity index (χ0) is 14.5. The average Bonchev–Trinajstić information content (AvgIpc) is 3.18. The van der Waals surface area contributed by atoms with Crippen molar-refractivity contribution in [2.75, 3.05) is 32.8 Å². The molecule has 6 heteroatoms. The van der Waals surface area contributed by atoms with Gasteiger partial charge in [-0.05, 0) is 18.0 Å². The van der Waals surface area contributed by atoms with Crippen LogP contribution in [-0.4, -0.2) is 48.8 Å². The predicted octanol–water partition coefficient (Wildman–Crippen LogP) is 2.68. The highest BCUT2D eigenvalue weighted by Crippen LogP contribution is 2.27. The first kappa shape index (κ1) is 15.1. The van der Waals surface area contributed by atoms with Crippen LogP contribution in [0.4, 0.5) is 0 Å². The van der Waals surface area contributed by atoms with Gasteiger partial charge in [0.05, 0.1) is 23.3 Å². The van der Waals surface area contributed by atoms with Crippen LogP contribution in [0.1, 0.15) is 12.6 Å². The fraction of sp³-hybridized carbons (Fsp3) is 0.533. The summed E-state index contributed by atoms with van der Waals surface area (Å²) in [7, 11) is 0. The lowest BCUT2D eigenvalue weighted by Crippen LogP contribution is -2.46. The summed E-state index contributed by atoms with van der Waals surface area (Å²) in [5.74, 6) is 0. The van der Waals surface area contributed by atoms with Gasteiger partial charge in [0.1, 0.15) is 5.01 Å². The lowest BCUT2D eigenvalue weighted by Gasteiger charge is -2.32. The van der Waals surface area contributed by atoms with Crippen molar-refractivity contribution >= 4 is 22.7 Å². The summed E-state index contributed by atoms with van der Waals surface area (Å²) in [6, 6.07) is 4.19. The van der Waals surface area contributed by atoms with Crippen LogP contribution in [0.5, 0.6) is 0 Å². The number of hydrogen-bond donors (Lipinski definition) is 1. The van der Waals surface area contributed by atoms with E-state index in [2.05, 4.69) is 45.0 Å². The molecule has 1 N–H and O–H groups in total. The summed E-state index contributed by atoms with van der Waals surface area (Å²) >= 11 is 3.46. The molecule has 2 aromatic heterocycles. The normalized spacial score (nSPS) is 20.0. The van der Waals surface area contributed by atoms with Crippen LogP contribution in [-0.2, 0) is 11.3 Å². The molecule has 0 aliphatic carbocycles. The third kappa shape index (κ3) is 4.11. The second-order valence-electron chi connectivity index (χ2n) is 5.14. The van der Waals surface area contributed by atoms with Crippen molar-refractivity contribution in [2.45, 2.75) is 19.6 Å². The van der Waals surface area contributed by atoms with Crippen molar-refractivity contribution in [3.63, 3.8) is 0 Å². The topological polar surface area (TPSA) is 37.4 Å². The van der Waals surface area contributed by atoms with Crippen molar-refractivity contribution in [3.05, 3.63) is 28.6 Å². The number of ether oxygens (including phenoxy) is 1. The molecule has 1 saturated heterocycles. The van der Waals surface area contributed by atoms with Crippen LogP contribution in [0.3, 0.4) is 0 Å². The van der Waals surface area contributed by atoms with Gasteiger partial charge in [-0.15, -0.1) is 22.7 Å². The largest absolute Gasteiger partial charge is 0.374 e. The predicted molar refractivity (Wildman–Crippen MR) is 89.0 cm³/mol. The Bertz CT molecular complexity index is 541. The molecule has 1 aliphatic heterocycles. The number of likely N-dealkylation sites (N-methyl/N-ethyl adjacent to an activating group) is 1. The van der Waals surface area contributed by atoms with Gasteiger partial charge in [0.25, 0.3) is 0 Å². The summed E-state index contributed by atoms with van der Waals surface area (Å²) in [6.07, 6.45) is 0.300. The monoisotopic (exact) mass is 323 g/mol. The lowest BCUT2D eigenvalue weighted by atomic mass is 10.2. The van der Waals surface area contributed by atoms with Crippen LogP contribution in [0.2, 0.25) is 0 Å². The summed E-state index contributed by atoms with van der Waals surface area (Å²) in [5, 5.41) is 8.82. The Morgan fingerprint density at radius 2 is 2.43 bits per heavy atom. The molecule has 3 rings (SSSR count). The molecule has 1 atom stereocenters. The molecular formula is C15H21N3OS2. The SMILES string of the molecule is CCN1CCO[C@H](CNCc2csc(-c3cccs3)n2)C1. The highest BCUT2D eigenvalue weighted by molar-refractivity contribution is 7.20. The summed E-state index contributed by atoms with van der Waals surface area (Å²) < 4.78 is 5.79. The van der Waals surface area contributed by atoms with Gasteiger partial charge in [0.15, 0.2) is 0 Å². The van der Waals surface area contributed by atoms with Crippen molar-refractivity contribution in [1.29, 1.82) is 0 Å². The van der Waals surface area contributed by atoms with Gasteiger partial charge in [-0.3, -0.25) is 4.90 Å². The molecule has 2 aromatic rings. The molecule has 3 heterocycles. The molecule has 1 aliphatic rings. The number of thiophene rings is 1. The Morgan fingerprint density at radius 1 is 1.48 bits per heavy atom. The van der Waals surface area contributed by atoms with Gasteiger partial charge in [-0.2, -0.15) is 0 Å². The van der Waals surface area contributed by atoms with Crippen molar-refractivity contribution < 1.29 is 4.74 Å². The molecule has 0 saturated carbocycles. The van der Waals surface area contributed by atoms with E-state index in [1.807, 2.05) is 0 Å². The Kier molecular flexibility index (Phi) is 5.38. The molecule has 0 radical (unpaired) electrons. The van der Waals surface area contributed by atoms with Crippen molar-refractivity contribution in [3.8, 4) is 9.88 Å². The van der Waals surface area contributed by atoms with Gasteiger partial charge in [0, 0.05) is 31.6 Å². The quantitative estimate of drug-likeness (QED) is 0.887. The lowest BCUT2D eigenvalue weighted by molar-refractivity contribution is -0.0254. The van der Waals surface area contributed by atoms with E-state index in [1.165, 1.54) is 4.88 Å². The third-order valence-electron chi connectivity index (χ3n) is 3.63. The molecule has 1 fully saturated rings. The van der Waals surface area contributed by atoms with Gasteiger partial charge >= 0.3 is 0 Å². The minimum absolute atomic E-state index is 0.300. The zero-order valence-electron chi connectivity index (χ0n) is 12.2. The zero-order valence-corrected chi connectivity index (χ0v) is 13.9. The minimum Gasteiger partial charge on any atom is -0.374 e. The fourth-order valence-corrected chi connectivity index (χ4v) is 4.09. The van der Waals surface area contributed by atoms with Crippen LogP contribution in [0.25, 0.3) is 9.88 Å². The molecular weight excluding hydrogens is 302 g/mol. The van der Waals surface area contributed by atoms with Crippen molar-refractivity contribution in [2.24, 2.45) is 0 Å². The molecule has 0 bridgehead atoms. The number of thiazole rings is 1. The second-order valence-corrected chi connectivity index (χ2v) is 6.94. The summed E-state index contributed by atoms with van der Waals surface area (Å²) in [6.45, 7) is 7.95. The number of hydrogen-bond acceptors (Lipinski definition) is 6. The van der Waals surface area contributed by atoms with E-state index in [1.54, 1.807) is 22.7 Å². The Balaban J connectivity index is 1.45. The molecule has 0 amide bonds. The Morgan fingerprint density at radius 3 is 3.24 bits per heavy atom. The van der Waals surface area contributed by atoms with Gasteiger partial charge in [-0.1, -0.05) is 13.0 Å². The molecule has 114 valence electrons. The van der Waals surface area contributed by atoms with E-state index in [0.717, 1.165) is 50.0 Å². The average molecular weight is 323 g/mol. The molecule has 0 unspecified atom stereocenters. The number of nitrogens with zero attached hydrogens (tertiary/aromatic N) is 2. The maximum absolute atomic E-state index is 5.79. The maximum Gasteiger partial charge on any atom is 0.133 e. The van der Waals surface area contributed by atoms with Gasteiger partial charge < -0.3 is 10.1 Å². The molecule has 0 spiro atoms. The van der Waals surface area contributed by atoms with Crippen LogP contribution >= 0.6 is 22.7 Å². The van der Waals surface area contributed by atoms with E-state index in [0.29, 0.717) is 6.10 Å². The van der Waals surface area contributed by atoms with E-state index in [9.17, 15) is 0 Å². The smallest absolute Gasteiger partial charge is 0.133 e. The molecule has 0 aromatic carbocycles. The van der Waals surface area contributed by atoms with Crippen LogP contribution < -0.4 is 5.32 Å². The standard InChI is InChI=1S/C15H21N3OS2/c1-2-18-5-6-19-13(10-18)9-16-8-12-11-21-15(17-12)14-4-3-7-20-14/h3-4,7,11,13,16H,2,5-6,8-10H2,1H3/t13-/m1/s1. The minimum atomic E-state index is 0.300. The van der Waals surface area contributed by atoms with E-state index in [4.69, 9.17) is 4.74 Å². The first-order valence-corrected chi connectivity index (χ1v) is 9.14. The number of nitrogens with one attached hydrogen (secondary N) is 1. The first-order valence-electron chi connectivity index (χ1n) is 7.38. The van der Waals surface area contributed by atoms with Gasteiger partial charge in [-0.25, -0.2) is 4.98 Å². The summed E-state index contributed by atoms with van der Waals surface area (Å²) in [5.41, 5.74) is 1.12. The highest BCUT2D eigenvalue weighted by atomic mass is 32.1. The second kappa shape index (κ2) is 7.47.